The first-order chi connectivity index (χ1) is 16.7. The summed E-state index contributed by atoms with van der Waals surface area (Å²) in [6.45, 7) is 4.50. The molecule has 4 unspecified atom stereocenters. The van der Waals surface area contributed by atoms with Crippen LogP contribution < -0.4 is 15.0 Å². The molecule has 0 radical (unpaired) electrons. The van der Waals surface area contributed by atoms with Crippen molar-refractivity contribution < 1.29 is 24.0 Å². The van der Waals surface area contributed by atoms with E-state index in [1.54, 1.807) is 0 Å². The fraction of sp³-hybridized carbons (Fsp3) is 0.400. The highest BCUT2D eigenvalue weighted by Gasteiger charge is 2.74. The van der Waals surface area contributed by atoms with Crippen molar-refractivity contribution >= 4 is 34.8 Å². The van der Waals surface area contributed by atoms with Gasteiger partial charge < -0.3 is 10.1 Å². The van der Waals surface area contributed by atoms with Gasteiger partial charge in [0.25, 0.3) is 5.69 Å². The van der Waals surface area contributed by atoms with Crippen molar-refractivity contribution in [1.82, 2.24) is 4.90 Å². The molecule has 3 amide bonds. The molecule has 4 heterocycles. The second kappa shape index (κ2) is 7.11. The van der Waals surface area contributed by atoms with Crippen molar-refractivity contribution in [1.29, 1.82) is 0 Å². The standard InChI is InChI=1S/C25H24N4O6/c1-12-9-13(2)21-15(10-12)25(24(32)26-21)20-19(17-5-4-8-27(17)25)22(30)28(23(20)31)16-7-6-14(29(33)34)11-18(16)35-3/h6-7,9-11,17,19-20H,4-5,8H2,1-3H3,(H,26,32). The molecule has 1 spiro atoms. The number of nitrogens with zero attached hydrogens (tertiary/aromatic N) is 3. The lowest BCUT2D eigenvalue weighted by molar-refractivity contribution is -0.384. The third kappa shape index (κ3) is 2.54. The fourth-order valence-electron chi connectivity index (χ4n) is 6.86. The zero-order chi connectivity index (χ0) is 24.8. The molecule has 2 aromatic carbocycles. The molecule has 4 aliphatic rings. The maximum atomic E-state index is 14.1. The molecule has 6 rings (SSSR count). The number of ether oxygens (including phenoxy) is 1. The van der Waals surface area contributed by atoms with E-state index in [1.807, 2.05) is 26.0 Å². The van der Waals surface area contributed by atoms with Crippen molar-refractivity contribution in [2.45, 2.75) is 38.3 Å². The van der Waals surface area contributed by atoms with Crippen LogP contribution in [0.15, 0.2) is 30.3 Å². The van der Waals surface area contributed by atoms with Crippen LogP contribution in [0, 0.1) is 35.8 Å². The van der Waals surface area contributed by atoms with E-state index in [-0.39, 0.29) is 29.1 Å². The first-order valence-electron chi connectivity index (χ1n) is 11.6. The molecule has 0 aromatic heterocycles. The molecule has 10 heteroatoms. The SMILES string of the molecule is COc1cc([N+](=O)[O-])ccc1N1C(=O)C2C3CCCN3C3(C(=O)Nc4c(C)cc(C)cc43)C2C1=O. The number of nitrogens with one attached hydrogen (secondary N) is 1. The summed E-state index contributed by atoms with van der Waals surface area (Å²) in [7, 11) is 1.33. The predicted octanol–water partition coefficient (Wildman–Crippen LogP) is 2.65. The number of anilines is 2. The number of imide groups is 1. The Bertz CT molecular complexity index is 1360. The number of benzene rings is 2. The summed E-state index contributed by atoms with van der Waals surface area (Å²) in [5.74, 6) is -2.69. The smallest absolute Gasteiger partial charge is 0.273 e. The van der Waals surface area contributed by atoms with Gasteiger partial charge in [0.15, 0.2) is 0 Å². The van der Waals surface area contributed by atoms with Gasteiger partial charge >= 0.3 is 0 Å². The van der Waals surface area contributed by atoms with E-state index in [2.05, 4.69) is 10.2 Å². The van der Waals surface area contributed by atoms with Gasteiger partial charge in [-0.15, -0.1) is 0 Å². The van der Waals surface area contributed by atoms with Crippen LogP contribution in [-0.4, -0.2) is 47.2 Å². The van der Waals surface area contributed by atoms with Crippen LogP contribution in [0.3, 0.4) is 0 Å². The Kier molecular flexibility index (Phi) is 4.41. The zero-order valence-electron chi connectivity index (χ0n) is 19.5. The lowest BCUT2D eigenvalue weighted by atomic mass is 9.75. The Hall–Kier alpha value is -3.79. The summed E-state index contributed by atoms with van der Waals surface area (Å²) in [5.41, 5.74) is 2.02. The molecule has 35 heavy (non-hydrogen) atoms. The number of non-ortho nitro benzene ring substituents is 1. The first-order valence-corrected chi connectivity index (χ1v) is 11.6. The van der Waals surface area contributed by atoms with Crippen LogP contribution in [-0.2, 0) is 19.9 Å². The summed E-state index contributed by atoms with van der Waals surface area (Å²) in [4.78, 5) is 55.6. The van der Waals surface area contributed by atoms with Gasteiger partial charge in [0, 0.05) is 23.4 Å². The number of amides is 3. The highest BCUT2D eigenvalue weighted by molar-refractivity contribution is 6.26. The number of hydrogen-bond acceptors (Lipinski definition) is 7. The van der Waals surface area contributed by atoms with Gasteiger partial charge in [0.1, 0.15) is 11.3 Å². The number of methoxy groups -OCH3 is 1. The lowest BCUT2D eigenvalue weighted by Gasteiger charge is -2.37. The van der Waals surface area contributed by atoms with Gasteiger partial charge in [-0.3, -0.25) is 29.4 Å². The zero-order valence-corrected chi connectivity index (χ0v) is 19.5. The van der Waals surface area contributed by atoms with Crippen LogP contribution in [0.25, 0.3) is 0 Å². The Labute approximate surface area is 201 Å². The van der Waals surface area contributed by atoms with Gasteiger partial charge in [-0.2, -0.15) is 0 Å². The Morgan fingerprint density at radius 2 is 1.91 bits per heavy atom. The van der Waals surface area contributed by atoms with Crippen molar-refractivity contribution in [3.8, 4) is 5.75 Å². The minimum atomic E-state index is -1.27. The van der Waals surface area contributed by atoms with Crippen LogP contribution in [0.2, 0.25) is 0 Å². The third-order valence-corrected chi connectivity index (χ3v) is 8.06. The van der Waals surface area contributed by atoms with Crippen LogP contribution in [0.5, 0.6) is 5.75 Å². The number of rotatable bonds is 3. The van der Waals surface area contributed by atoms with E-state index in [0.29, 0.717) is 18.7 Å². The number of carbonyl (C=O) groups excluding carboxylic acids is 3. The average molecular weight is 476 g/mol. The van der Waals surface area contributed by atoms with Crippen molar-refractivity contribution in [3.63, 3.8) is 0 Å². The number of carbonyl (C=O) groups is 3. The molecule has 1 N–H and O–H groups in total. The van der Waals surface area contributed by atoms with Gasteiger partial charge in [-0.1, -0.05) is 17.7 Å². The molecule has 4 atom stereocenters. The summed E-state index contributed by atoms with van der Waals surface area (Å²) >= 11 is 0. The van der Waals surface area contributed by atoms with Gasteiger partial charge in [0.05, 0.1) is 35.6 Å². The molecule has 0 bridgehead atoms. The highest BCUT2D eigenvalue weighted by atomic mass is 16.6. The molecular formula is C25H24N4O6. The van der Waals surface area contributed by atoms with Crippen LogP contribution >= 0.6 is 0 Å². The van der Waals surface area contributed by atoms with E-state index in [1.165, 1.54) is 25.3 Å². The minimum absolute atomic E-state index is 0.0566. The second-order valence-corrected chi connectivity index (χ2v) is 9.76. The van der Waals surface area contributed by atoms with Gasteiger partial charge in [-0.25, -0.2) is 4.90 Å². The molecule has 2 aromatic rings. The van der Waals surface area contributed by atoms with Crippen molar-refractivity contribution in [2.24, 2.45) is 11.8 Å². The monoisotopic (exact) mass is 476 g/mol. The minimum Gasteiger partial charge on any atom is -0.494 e. The summed E-state index contributed by atoms with van der Waals surface area (Å²) in [6.07, 6.45) is 1.53. The molecule has 3 fully saturated rings. The van der Waals surface area contributed by atoms with E-state index in [4.69, 9.17) is 4.74 Å². The highest BCUT2D eigenvalue weighted by Crippen LogP contribution is 2.61. The second-order valence-electron chi connectivity index (χ2n) is 9.76. The fourth-order valence-corrected chi connectivity index (χ4v) is 6.86. The average Bonchev–Trinajstić information content (AvgIpc) is 3.52. The number of aryl methyl sites for hydroxylation is 2. The Morgan fingerprint density at radius 3 is 2.63 bits per heavy atom. The van der Waals surface area contributed by atoms with E-state index in [9.17, 15) is 24.5 Å². The Morgan fingerprint density at radius 1 is 1.14 bits per heavy atom. The number of fused-ring (bicyclic) bond motifs is 7. The Balaban J connectivity index is 1.55. The quantitative estimate of drug-likeness (QED) is 0.411. The maximum Gasteiger partial charge on any atom is 0.273 e. The van der Waals surface area contributed by atoms with Crippen molar-refractivity contribution in [3.05, 3.63) is 57.1 Å². The number of nitro groups is 1. The molecule has 180 valence electrons. The molecular weight excluding hydrogens is 452 g/mol. The van der Waals surface area contributed by atoms with Crippen LogP contribution in [0.1, 0.15) is 29.5 Å². The molecule has 4 aliphatic heterocycles. The van der Waals surface area contributed by atoms with Gasteiger partial charge in [-0.05, 0) is 44.9 Å². The van der Waals surface area contributed by atoms with Crippen LogP contribution in [0.4, 0.5) is 17.1 Å². The van der Waals surface area contributed by atoms with E-state index < -0.39 is 34.1 Å². The third-order valence-electron chi connectivity index (χ3n) is 8.06. The summed E-state index contributed by atoms with van der Waals surface area (Å²) in [5, 5.41) is 14.3. The number of hydrogen-bond donors (Lipinski definition) is 1. The lowest BCUT2D eigenvalue weighted by Crippen LogP contribution is -2.54. The van der Waals surface area contributed by atoms with Gasteiger partial charge in [0.2, 0.25) is 17.7 Å². The molecule has 0 aliphatic carbocycles. The largest absolute Gasteiger partial charge is 0.494 e. The normalized spacial score (nSPS) is 28.9. The molecule has 10 nitrogen and oxygen atoms in total. The summed E-state index contributed by atoms with van der Waals surface area (Å²) < 4.78 is 5.34. The molecule has 3 saturated heterocycles. The van der Waals surface area contributed by atoms with E-state index >= 15 is 0 Å². The van der Waals surface area contributed by atoms with E-state index in [0.717, 1.165) is 28.0 Å². The molecule has 0 saturated carbocycles. The topological polar surface area (TPSA) is 122 Å². The summed E-state index contributed by atoms with van der Waals surface area (Å²) in [6, 6.07) is 7.50. The maximum absolute atomic E-state index is 14.1. The van der Waals surface area contributed by atoms with Crippen molar-refractivity contribution in [2.75, 3.05) is 23.9 Å². The predicted molar refractivity (Wildman–Crippen MR) is 125 cm³/mol. The number of nitro benzene ring substituents is 1. The first kappa shape index (κ1) is 21.7.